The predicted molar refractivity (Wildman–Crippen MR) is 83.3 cm³/mol. The van der Waals surface area contributed by atoms with Gasteiger partial charge >= 0.3 is 5.97 Å². The number of hydrogen-bond donors (Lipinski definition) is 1. The van der Waals surface area contributed by atoms with Gasteiger partial charge < -0.3 is 14.7 Å². The maximum absolute atomic E-state index is 12.3. The highest BCUT2D eigenvalue weighted by Crippen LogP contribution is 2.21. The first-order chi connectivity index (χ1) is 10.5. The highest BCUT2D eigenvalue weighted by molar-refractivity contribution is 5.96. The molecule has 120 valence electrons. The summed E-state index contributed by atoms with van der Waals surface area (Å²) in [4.78, 5) is 25.5. The molecule has 1 aromatic rings. The minimum Gasteiger partial charge on any atom is -0.497 e. The fraction of sp³-hybridized carbons (Fsp3) is 0.529. The van der Waals surface area contributed by atoms with E-state index in [1.54, 1.807) is 31.4 Å². The fourth-order valence-electron chi connectivity index (χ4n) is 2.88. The molecule has 0 aromatic heterocycles. The Bertz CT molecular complexity index is 518. The average molecular weight is 305 g/mol. The normalized spacial score (nSPS) is 17.9. The van der Waals surface area contributed by atoms with Crippen LogP contribution >= 0.6 is 0 Å². The summed E-state index contributed by atoms with van der Waals surface area (Å²) in [7, 11) is 1.60. The van der Waals surface area contributed by atoms with Crippen molar-refractivity contribution in [3.63, 3.8) is 0 Å². The van der Waals surface area contributed by atoms with Crippen LogP contribution in [0.4, 0.5) is 0 Å². The van der Waals surface area contributed by atoms with E-state index in [0.29, 0.717) is 24.8 Å². The van der Waals surface area contributed by atoms with Gasteiger partial charge in [0.2, 0.25) is 0 Å². The Morgan fingerprint density at radius 1 is 1.27 bits per heavy atom. The molecular weight excluding hydrogens is 282 g/mol. The number of Topliss-reactive ketones (excluding diaryl/α,β-unsaturated/α-hetero) is 1. The van der Waals surface area contributed by atoms with Crippen LogP contribution in [0.1, 0.15) is 36.5 Å². The van der Waals surface area contributed by atoms with Crippen molar-refractivity contribution < 1.29 is 19.4 Å². The molecule has 1 heterocycles. The summed E-state index contributed by atoms with van der Waals surface area (Å²) >= 11 is 0. The zero-order valence-electron chi connectivity index (χ0n) is 13.1. The van der Waals surface area contributed by atoms with Gasteiger partial charge in [-0.3, -0.25) is 9.59 Å². The first-order valence-electron chi connectivity index (χ1n) is 7.65. The zero-order chi connectivity index (χ0) is 16.1. The number of piperidine rings is 1. The van der Waals surface area contributed by atoms with E-state index in [1.807, 2.05) is 6.92 Å². The van der Waals surface area contributed by atoms with E-state index in [1.165, 1.54) is 0 Å². The number of benzene rings is 1. The molecular formula is C17H23NO4. The molecule has 1 aliphatic rings. The van der Waals surface area contributed by atoms with Gasteiger partial charge in [-0.25, -0.2) is 0 Å². The largest absolute Gasteiger partial charge is 0.497 e. The second kappa shape index (κ2) is 7.40. The van der Waals surface area contributed by atoms with E-state index in [2.05, 4.69) is 4.90 Å². The van der Waals surface area contributed by atoms with Crippen molar-refractivity contribution in [3.8, 4) is 5.75 Å². The molecule has 0 saturated carbocycles. The van der Waals surface area contributed by atoms with Gasteiger partial charge in [-0.15, -0.1) is 0 Å². The van der Waals surface area contributed by atoms with Crippen LogP contribution in [0.5, 0.6) is 5.75 Å². The summed E-state index contributed by atoms with van der Waals surface area (Å²) in [6.45, 7) is 3.52. The van der Waals surface area contributed by atoms with Gasteiger partial charge in [0.05, 0.1) is 13.0 Å². The SMILES string of the molecule is COc1ccc(C(=O)CC(C)N2CCC(C(=O)O)CC2)cc1. The van der Waals surface area contributed by atoms with Crippen LogP contribution in [0.3, 0.4) is 0 Å². The lowest BCUT2D eigenvalue weighted by molar-refractivity contribution is -0.143. The molecule has 22 heavy (non-hydrogen) atoms. The van der Waals surface area contributed by atoms with Crippen LogP contribution in [0.2, 0.25) is 0 Å². The van der Waals surface area contributed by atoms with E-state index in [4.69, 9.17) is 9.84 Å². The monoisotopic (exact) mass is 305 g/mol. The third-order valence-corrected chi connectivity index (χ3v) is 4.39. The molecule has 2 rings (SSSR count). The summed E-state index contributed by atoms with van der Waals surface area (Å²) in [5.41, 5.74) is 0.688. The first kappa shape index (κ1) is 16.5. The lowest BCUT2D eigenvalue weighted by Crippen LogP contribution is -2.42. The van der Waals surface area contributed by atoms with Crippen molar-refractivity contribution in [1.29, 1.82) is 0 Å². The number of carbonyl (C=O) groups excluding carboxylic acids is 1. The van der Waals surface area contributed by atoms with Crippen molar-refractivity contribution in [3.05, 3.63) is 29.8 Å². The van der Waals surface area contributed by atoms with E-state index in [-0.39, 0.29) is 17.7 Å². The van der Waals surface area contributed by atoms with Gasteiger partial charge in [-0.05, 0) is 57.1 Å². The Labute approximate surface area is 130 Å². The number of hydrogen-bond acceptors (Lipinski definition) is 4. The Morgan fingerprint density at radius 3 is 2.36 bits per heavy atom. The van der Waals surface area contributed by atoms with Gasteiger partial charge in [0, 0.05) is 18.0 Å². The van der Waals surface area contributed by atoms with Gasteiger partial charge in [-0.1, -0.05) is 0 Å². The smallest absolute Gasteiger partial charge is 0.306 e. The Balaban J connectivity index is 1.87. The summed E-state index contributed by atoms with van der Waals surface area (Å²) in [5.74, 6) is -0.0989. The van der Waals surface area contributed by atoms with E-state index in [0.717, 1.165) is 18.8 Å². The number of carbonyl (C=O) groups is 2. The lowest BCUT2D eigenvalue weighted by Gasteiger charge is -2.34. The summed E-state index contributed by atoms with van der Waals surface area (Å²) in [6, 6.07) is 7.27. The number of aliphatic carboxylic acids is 1. The minimum atomic E-state index is -0.707. The number of methoxy groups -OCH3 is 1. The van der Waals surface area contributed by atoms with E-state index < -0.39 is 5.97 Å². The highest BCUT2D eigenvalue weighted by Gasteiger charge is 2.27. The van der Waals surface area contributed by atoms with E-state index >= 15 is 0 Å². The molecule has 1 N–H and O–H groups in total. The summed E-state index contributed by atoms with van der Waals surface area (Å²) in [5, 5.41) is 9.02. The summed E-state index contributed by atoms with van der Waals surface area (Å²) < 4.78 is 5.09. The zero-order valence-corrected chi connectivity index (χ0v) is 13.1. The quantitative estimate of drug-likeness (QED) is 0.818. The first-order valence-corrected chi connectivity index (χ1v) is 7.65. The van der Waals surface area contributed by atoms with Gasteiger partial charge in [0.25, 0.3) is 0 Å². The third-order valence-electron chi connectivity index (χ3n) is 4.39. The Morgan fingerprint density at radius 2 is 1.86 bits per heavy atom. The number of likely N-dealkylation sites (tertiary alicyclic amines) is 1. The molecule has 1 saturated heterocycles. The van der Waals surface area contributed by atoms with Gasteiger partial charge in [0.15, 0.2) is 5.78 Å². The molecule has 1 fully saturated rings. The lowest BCUT2D eigenvalue weighted by atomic mass is 9.95. The molecule has 0 amide bonds. The van der Waals surface area contributed by atoms with Crippen LogP contribution in [0, 0.1) is 5.92 Å². The maximum atomic E-state index is 12.3. The van der Waals surface area contributed by atoms with Crippen LogP contribution in [-0.2, 0) is 4.79 Å². The second-order valence-corrected chi connectivity index (χ2v) is 5.85. The van der Waals surface area contributed by atoms with Crippen LogP contribution in [-0.4, -0.2) is 48.0 Å². The van der Waals surface area contributed by atoms with Crippen molar-refractivity contribution in [2.75, 3.05) is 20.2 Å². The molecule has 1 aliphatic heterocycles. The van der Waals surface area contributed by atoms with Crippen molar-refractivity contribution >= 4 is 11.8 Å². The third kappa shape index (κ3) is 4.07. The molecule has 1 atom stereocenters. The average Bonchev–Trinajstić information content (AvgIpc) is 2.54. The number of ether oxygens (including phenoxy) is 1. The summed E-state index contributed by atoms with van der Waals surface area (Å²) in [6.07, 6.45) is 1.77. The number of carboxylic acid groups (broad SMARTS) is 1. The van der Waals surface area contributed by atoms with E-state index in [9.17, 15) is 9.59 Å². The number of ketones is 1. The van der Waals surface area contributed by atoms with Crippen molar-refractivity contribution in [2.45, 2.75) is 32.2 Å². The molecule has 5 nitrogen and oxygen atoms in total. The molecule has 0 radical (unpaired) electrons. The number of rotatable bonds is 6. The fourth-order valence-corrected chi connectivity index (χ4v) is 2.88. The predicted octanol–water partition coefficient (Wildman–Crippen LogP) is 2.45. The number of nitrogens with zero attached hydrogens (tertiary/aromatic N) is 1. The molecule has 1 aromatic carbocycles. The van der Waals surface area contributed by atoms with Crippen LogP contribution in [0.25, 0.3) is 0 Å². The topological polar surface area (TPSA) is 66.8 Å². The molecule has 1 unspecified atom stereocenters. The second-order valence-electron chi connectivity index (χ2n) is 5.85. The highest BCUT2D eigenvalue weighted by atomic mass is 16.5. The Hall–Kier alpha value is -1.88. The number of carboxylic acids is 1. The van der Waals surface area contributed by atoms with Crippen LogP contribution in [0.15, 0.2) is 24.3 Å². The van der Waals surface area contributed by atoms with Gasteiger partial charge in [0.1, 0.15) is 5.75 Å². The molecule has 0 aliphatic carbocycles. The minimum absolute atomic E-state index is 0.107. The Kier molecular flexibility index (Phi) is 5.55. The van der Waals surface area contributed by atoms with Gasteiger partial charge in [-0.2, -0.15) is 0 Å². The maximum Gasteiger partial charge on any atom is 0.306 e. The van der Waals surface area contributed by atoms with Crippen molar-refractivity contribution in [2.24, 2.45) is 5.92 Å². The standard InChI is InChI=1S/C17H23NO4/c1-12(18-9-7-14(8-10-18)17(20)21)11-16(19)13-3-5-15(22-2)6-4-13/h3-6,12,14H,7-11H2,1-2H3,(H,20,21). The van der Waals surface area contributed by atoms with Crippen LogP contribution < -0.4 is 4.74 Å². The van der Waals surface area contributed by atoms with Crippen molar-refractivity contribution in [1.82, 2.24) is 4.90 Å². The molecule has 5 heteroatoms. The molecule has 0 spiro atoms. The molecule has 0 bridgehead atoms.